The van der Waals surface area contributed by atoms with Crippen LogP contribution in [-0.4, -0.2) is 41.7 Å². The lowest BCUT2D eigenvalue weighted by atomic mass is 10.1. The van der Waals surface area contributed by atoms with Crippen molar-refractivity contribution in [3.8, 4) is 0 Å². The number of aliphatic hydroxyl groups is 1. The number of rotatable bonds is 5. The number of amides is 1. The zero-order valence-corrected chi connectivity index (χ0v) is 10.7. The van der Waals surface area contributed by atoms with Crippen LogP contribution in [-0.2, 0) is 4.79 Å². The molecular weight excluding hydrogens is 228 g/mol. The van der Waals surface area contributed by atoms with Crippen molar-refractivity contribution < 1.29 is 9.90 Å². The highest BCUT2D eigenvalue weighted by atomic mass is 16.3. The van der Waals surface area contributed by atoms with Crippen LogP contribution < -0.4 is 5.32 Å². The average molecular weight is 248 g/mol. The molecule has 1 aliphatic heterocycles. The number of carbonyl (C=O) groups is 1. The fraction of sp³-hybridized carbons (Fsp3) is 0.500. The van der Waals surface area contributed by atoms with Crippen LogP contribution in [0.15, 0.2) is 24.3 Å². The molecule has 0 saturated carbocycles. The van der Waals surface area contributed by atoms with E-state index >= 15 is 0 Å². The second-order valence-electron chi connectivity index (χ2n) is 4.93. The lowest BCUT2D eigenvalue weighted by Gasteiger charge is -2.35. The number of likely N-dealkylation sites (tertiary alicyclic amines) is 1. The van der Waals surface area contributed by atoms with Crippen molar-refractivity contribution in [1.82, 2.24) is 4.90 Å². The number of benzene rings is 1. The van der Waals surface area contributed by atoms with E-state index < -0.39 is 0 Å². The summed E-state index contributed by atoms with van der Waals surface area (Å²) in [6, 6.07) is 7.80. The molecular formula is C14H20N2O2. The van der Waals surface area contributed by atoms with Gasteiger partial charge in [0, 0.05) is 25.2 Å². The van der Waals surface area contributed by atoms with Gasteiger partial charge in [0.1, 0.15) is 0 Å². The molecule has 4 heteroatoms. The van der Waals surface area contributed by atoms with Gasteiger partial charge in [-0.2, -0.15) is 0 Å². The second-order valence-corrected chi connectivity index (χ2v) is 4.93. The predicted octanol–water partition coefficient (Wildman–Crippen LogP) is 1.39. The highest BCUT2D eigenvalue weighted by Crippen LogP contribution is 2.11. The normalized spacial score (nSPS) is 16.3. The molecule has 98 valence electrons. The molecule has 2 N–H and O–H groups in total. The number of nitrogens with one attached hydrogen (secondary N) is 1. The summed E-state index contributed by atoms with van der Waals surface area (Å²) in [4.78, 5) is 13.9. The Hall–Kier alpha value is -1.39. The van der Waals surface area contributed by atoms with E-state index in [0.29, 0.717) is 6.42 Å². The predicted molar refractivity (Wildman–Crippen MR) is 71.5 cm³/mol. The summed E-state index contributed by atoms with van der Waals surface area (Å²) in [7, 11) is 0. The van der Waals surface area contributed by atoms with E-state index in [0.717, 1.165) is 37.3 Å². The topological polar surface area (TPSA) is 52.6 Å². The van der Waals surface area contributed by atoms with Gasteiger partial charge < -0.3 is 10.4 Å². The second kappa shape index (κ2) is 5.98. The number of aliphatic hydroxyl groups excluding tert-OH is 1. The van der Waals surface area contributed by atoms with Crippen molar-refractivity contribution in [3.63, 3.8) is 0 Å². The standard InChI is InChI=1S/C14H20N2O2/c1-11-4-2-5-12(8-11)15-14(18)6-3-7-16-9-13(17)10-16/h2,4-5,8,13,17H,3,6-7,9-10H2,1H3,(H,15,18). The van der Waals surface area contributed by atoms with Crippen molar-refractivity contribution in [3.05, 3.63) is 29.8 Å². The van der Waals surface area contributed by atoms with Crippen LogP contribution in [0.1, 0.15) is 18.4 Å². The quantitative estimate of drug-likeness (QED) is 0.828. The molecule has 0 spiro atoms. The molecule has 1 aromatic rings. The molecule has 0 aromatic heterocycles. The minimum Gasteiger partial charge on any atom is -0.390 e. The average Bonchev–Trinajstić information content (AvgIpc) is 2.26. The molecule has 0 unspecified atom stereocenters. The van der Waals surface area contributed by atoms with Crippen LogP contribution >= 0.6 is 0 Å². The minimum absolute atomic E-state index is 0.0571. The summed E-state index contributed by atoms with van der Waals surface area (Å²) in [6.45, 7) is 4.39. The van der Waals surface area contributed by atoms with Gasteiger partial charge in [-0.25, -0.2) is 0 Å². The molecule has 18 heavy (non-hydrogen) atoms. The molecule has 0 aliphatic carbocycles. The minimum atomic E-state index is -0.161. The van der Waals surface area contributed by atoms with Crippen molar-refractivity contribution >= 4 is 11.6 Å². The lowest BCUT2D eigenvalue weighted by Crippen LogP contribution is -2.50. The van der Waals surface area contributed by atoms with Crippen molar-refractivity contribution in [2.45, 2.75) is 25.9 Å². The van der Waals surface area contributed by atoms with E-state index in [1.54, 1.807) is 0 Å². The third-order valence-electron chi connectivity index (χ3n) is 3.12. The summed E-state index contributed by atoms with van der Waals surface area (Å²) >= 11 is 0. The van der Waals surface area contributed by atoms with Gasteiger partial charge in [0.2, 0.25) is 5.91 Å². The Bertz CT molecular complexity index is 414. The first kappa shape index (κ1) is 13.1. The maximum Gasteiger partial charge on any atom is 0.224 e. The van der Waals surface area contributed by atoms with Crippen molar-refractivity contribution in [1.29, 1.82) is 0 Å². The Morgan fingerprint density at radius 2 is 2.28 bits per heavy atom. The number of hydrogen-bond donors (Lipinski definition) is 2. The van der Waals surface area contributed by atoms with Crippen molar-refractivity contribution in [2.24, 2.45) is 0 Å². The van der Waals surface area contributed by atoms with E-state index in [2.05, 4.69) is 10.2 Å². The van der Waals surface area contributed by atoms with E-state index in [9.17, 15) is 4.79 Å². The summed E-state index contributed by atoms with van der Waals surface area (Å²) < 4.78 is 0. The number of nitrogens with zero attached hydrogens (tertiary/aromatic N) is 1. The van der Waals surface area contributed by atoms with Gasteiger partial charge >= 0.3 is 0 Å². The first-order valence-electron chi connectivity index (χ1n) is 6.40. The van der Waals surface area contributed by atoms with Crippen LogP contribution in [0.3, 0.4) is 0 Å². The molecule has 1 aliphatic rings. The van der Waals surface area contributed by atoms with E-state index in [1.165, 1.54) is 0 Å². The number of hydrogen-bond acceptors (Lipinski definition) is 3. The highest BCUT2D eigenvalue weighted by molar-refractivity contribution is 5.90. The SMILES string of the molecule is Cc1cccc(NC(=O)CCCN2CC(O)C2)c1. The molecule has 0 bridgehead atoms. The van der Waals surface area contributed by atoms with Gasteiger partial charge in [0.05, 0.1) is 6.10 Å². The molecule has 1 aromatic carbocycles. The fourth-order valence-corrected chi connectivity index (χ4v) is 2.13. The van der Waals surface area contributed by atoms with Crippen LogP contribution in [0.4, 0.5) is 5.69 Å². The maximum atomic E-state index is 11.7. The molecule has 0 radical (unpaired) electrons. The van der Waals surface area contributed by atoms with Crippen LogP contribution in [0.2, 0.25) is 0 Å². The summed E-state index contributed by atoms with van der Waals surface area (Å²) in [5.41, 5.74) is 2.00. The largest absolute Gasteiger partial charge is 0.390 e. The molecule has 4 nitrogen and oxygen atoms in total. The van der Waals surface area contributed by atoms with Crippen LogP contribution in [0.5, 0.6) is 0 Å². The Morgan fingerprint density at radius 3 is 2.94 bits per heavy atom. The molecule has 1 heterocycles. The van der Waals surface area contributed by atoms with E-state index in [-0.39, 0.29) is 12.0 Å². The summed E-state index contributed by atoms with van der Waals surface area (Å²) in [6.07, 6.45) is 1.20. The number of aryl methyl sites for hydroxylation is 1. The summed E-state index contributed by atoms with van der Waals surface area (Å²) in [5.74, 6) is 0.0571. The van der Waals surface area contributed by atoms with Crippen LogP contribution in [0, 0.1) is 6.92 Å². The number of carbonyl (C=O) groups excluding carboxylic acids is 1. The smallest absolute Gasteiger partial charge is 0.224 e. The van der Waals surface area contributed by atoms with Gasteiger partial charge in [-0.1, -0.05) is 12.1 Å². The van der Waals surface area contributed by atoms with Gasteiger partial charge in [0.25, 0.3) is 0 Å². The lowest BCUT2D eigenvalue weighted by molar-refractivity contribution is -0.116. The Kier molecular flexibility index (Phi) is 4.33. The van der Waals surface area contributed by atoms with Gasteiger partial charge in [-0.3, -0.25) is 9.69 Å². The van der Waals surface area contributed by atoms with Crippen molar-refractivity contribution in [2.75, 3.05) is 25.0 Å². The monoisotopic (exact) mass is 248 g/mol. The third kappa shape index (κ3) is 3.82. The molecule has 1 amide bonds. The Balaban J connectivity index is 1.66. The fourth-order valence-electron chi connectivity index (χ4n) is 2.13. The Labute approximate surface area is 108 Å². The Morgan fingerprint density at radius 1 is 1.50 bits per heavy atom. The first-order valence-corrected chi connectivity index (χ1v) is 6.40. The maximum absolute atomic E-state index is 11.7. The molecule has 1 saturated heterocycles. The van der Waals surface area contributed by atoms with E-state index in [1.807, 2.05) is 31.2 Å². The van der Waals surface area contributed by atoms with E-state index in [4.69, 9.17) is 5.11 Å². The third-order valence-corrected chi connectivity index (χ3v) is 3.12. The highest BCUT2D eigenvalue weighted by Gasteiger charge is 2.23. The van der Waals surface area contributed by atoms with Gasteiger partial charge in [0.15, 0.2) is 0 Å². The molecule has 0 atom stereocenters. The zero-order valence-electron chi connectivity index (χ0n) is 10.7. The summed E-state index contributed by atoms with van der Waals surface area (Å²) in [5, 5.41) is 12.0. The van der Waals surface area contributed by atoms with Gasteiger partial charge in [-0.15, -0.1) is 0 Å². The zero-order chi connectivity index (χ0) is 13.0. The van der Waals surface area contributed by atoms with Crippen LogP contribution in [0.25, 0.3) is 0 Å². The van der Waals surface area contributed by atoms with Gasteiger partial charge in [-0.05, 0) is 37.6 Å². The number of anilines is 1. The molecule has 1 fully saturated rings. The number of β-amino-alcohol motifs (C(OH)–C–C–N with tert-alkyl or cyclic N) is 1. The molecule has 2 rings (SSSR count). The first-order chi connectivity index (χ1) is 8.63.